The van der Waals surface area contributed by atoms with Crippen LogP contribution in [0.1, 0.15) is 6.42 Å². The molecule has 0 bridgehead atoms. The van der Waals surface area contributed by atoms with Crippen LogP contribution in [0.3, 0.4) is 0 Å². The van der Waals surface area contributed by atoms with E-state index in [0.29, 0.717) is 0 Å². The second-order valence-electron chi connectivity index (χ2n) is 2.63. The van der Waals surface area contributed by atoms with Gasteiger partial charge in [-0.15, -0.1) is 0 Å². The molecule has 0 unspecified atom stereocenters. The summed E-state index contributed by atoms with van der Waals surface area (Å²) in [7, 11) is 0. The van der Waals surface area contributed by atoms with Gasteiger partial charge in [0, 0.05) is 0 Å². The molecule has 1 rings (SSSR count). The predicted octanol–water partition coefficient (Wildman–Crippen LogP) is 3.73. The Kier molecular flexibility index (Phi) is 5.21. The third-order valence-corrected chi connectivity index (χ3v) is 1.54. The lowest BCUT2D eigenvalue weighted by atomic mass is 10.3. The van der Waals surface area contributed by atoms with Crippen LogP contribution in [0.4, 0.5) is 0 Å². The Morgan fingerprint density at radius 1 is 0.385 bits per heavy atom. The summed E-state index contributed by atoms with van der Waals surface area (Å²) in [6.45, 7) is 0. The first-order chi connectivity index (χ1) is 6.50. The quantitative estimate of drug-likeness (QED) is 0.519. The van der Waals surface area contributed by atoms with Crippen LogP contribution in [-0.4, -0.2) is 0 Å². The smallest absolute Gasteiger partial charge is 0.0163 e. The van der Waals surface area contributed by atoms with Gasteiger partial charge in [0.05, 0.1) is 0 Å². The number of allylic oxidation sites excluding steroid dienone is 12. The van der Waals surface area contributed by atoms with E-state index < -0.39 is 0 Å². The van der Waals surface area contributed by atoms with Gasteiger partial charge >= 0.3 is 0 Å². The van der Waals surface area contributed by atoms with Gasteiger partial charge in [-0.1, -0.05) is 72.9 Å². The Labute approximate surface area is 80.0 Å². The molecule has 0 fully saturated rings. The molecule has 0 aromatic heterocycles. The summed E-state index contributed by atoms with van der Waals surface area (Å²) in [4.78, 5) is 0. The standard InChI is InChI=1S/C13H14/c1-2-4-6-8-10-12-13-11-9-7-5-3-1/h1-12H,13H2/b3-1-,4-2-,7-5-,8-6-,11-9-,12-10-. The molecule has 0 heteroatoms. The second-order valence-corrected chi connectivity index (χ2v) is 2.63. The maximum Gasteiger partial charge on any atom is -0.0163 e. The van der Waals surface area contributed by atoms with Crippen molar-refractivity contribution in [2.24, 2.45) is 0 Å². The van der Waals surface area contributed by atoms with E-state index in [2.05, 4.69) is 24.3 Å². The molecule has 66 valence electrons. The molecule has 0 saturated carbocycles. The lowest BCUT2D eigenvalue weighted by Gasteiger charge is -1.77. The van der Waals surface area contributed by atoms with Gasteiger partial charge in [0.1, 0.15) is 0 Å². The van der Waals surface area contributed by atoms with Crippen molar-refractivity contribution in [1.29, 1.82) is 0 Å². The van der Waals surface area contributed by atoms with Crippen LogP contribution in [0.25, 0.3) is 0 Å². The van der Waals surface area contributed by atoms with Crippen LogP contribution < -0.4 is 0 Å². The van der Waals surface area contributed by atoms with Gasteiger partial charge in [0.2, 0.25) is 0 Å². The molecule has 13 heavy (non-hydrogen) atoms. The third-order valence-electron chi connectivity index (χ3n) is 1.54. The van der Waals surface area contributed by atoms with E-state index in [1.54, 1.807) is 0 Å². The van der Waals surface area contributed by atoms with E-state index in [-0.39, 0.29) is 0 Å². The lowest BCUT2D eigenvalue weighted by Crippen LogP contribution is -1.56. The van der Waals surface area contributed by atoms with Crippen molar-refractivity contribution in [2.75, 3.05) is 0 Å². The Balaban J connectivity index is 2.62. The Bertz CT molecular complexity index is 253. The van der Waals surface area contributed by atoms with Crippen LogP contribution in [0.2, 0.25) is 0 Å². The van der Waals surface area contributed by atoms with Gasteiger partial charge in [-0.05, 0) is 6.42 Å². The van der Waals surface area contributed by atoms with Crippen LogP contribution in [0, 0.1) is 0 Å². The summed E-state index contributed by atoms with van der Waals surface area (Å²) < 4.78 is 0. The summed E-state index contributed by atoms with van der Waals surface area (Å²) in [6, 6.07) is 0. The van der Waals surface area contributed by atoms with Gasteiger partial charge in [-0.25, -0.2) is 0 Å². The van der Waals surface area contributed by atoms with E-state index in [1.807, 2.05) is 48.6 Å². The fourth-order valence-corrected chi connectivity index (χ4v) is 0.906. The molecule has 0 aromatic rings. The molecule has 0 nitrogen and oxygen atoms in total. The van der Waals surface area contributed by atoms with Gasteiger partial charge < -0.3 is 0 Å². The minimum Gasteiger partial charge on any atom is -0.0807 e. The van der Waals surface area contributed by atoms with E-state index in [4.69, 9.17) is 0 Å². The minimum atomic E-state index is 0.988. The van der Waals surface area contributed by atoms with Gasteiger partial charge in [-0.3, -0.25) is 0 Å². The average molecular weight is 170 g/mol. The summed E-state index contributed by atoms with van der Waals surface area (Å²) in [6.07, 6.45) is 25.5. The number of hydrogen-bond acceptors (Lipinski definition) is 0. The predicted molar refractivity (Wildman–Crippen MR) is 59.5 cm³/mol. The molecule has 0 spiro atoms. The lowest BCUT2D eigenvalue weighted by molar-refractivity contribution is 1.39. The summed E-state index contributed by atoms with van der Waals surface area (Å²) in [5.41, 5.74) is 0. The van der Waals surface area contributed by atoms with E-state index in [0.717, 1.165) is 6.42 Å². The van der Waals surface area contributed by atoms with Crippen LogP contribution >= 0.6 is 0 Å². The highest BCUT2D eigenvalue weighted by molar-refractivity contribution is 5.20. The third kappa shape index (κ3) is 5.68. The normalized spacial score (nSPS) is 31.4. The number of rotatable bonds is 0. The molecular weight excluding hydrogens is 156 g/mol. The SMILES string of the molecule is C1=C\C=C/C=C\C\C=C/C=C\C=C/1. The van der Waals surface area contributed by atoms with Crippen LogP contribution in [-0.2, 0) is 0 Å². The Morgan fingerprint density at radius 3 is 1.08 bits per heavy atom. The molecule has 0 amide bonds. The molecular formula is C13H14. The minimum absolute atomic E-state index is 0.988. The van der Waals surface area contributed by atoms with Gasteiger partial charge in [0.15, 0.2) is 0 Å². The molecule has 0 aromatic carbocycles. The van der Waals surface area contributed by atoms with E-state index in [1.165, 1.54) is 0 Å². The Hall–Kier alpha value is -1.56. The van der Waals surface area contributed by atoms with Crippen molar-refractivity contribution < 1.29 is 0 Å². The summed E-state index contributed by atoms with van der Waals surface area (Å²) in [5.74, 6) is 0. The summed E-state index contributed by atoms with van der Waals surface area (Å²) in [5, 5.41) is 0. The molecule has 0 heterocycles. The second kappa shape index (κ2) is 7.11. The van der Waals surface area contributed by atoms with Crippen molar-refractivity contribution >= 4 is 0 Å². The molecule has 1 aliphatic carbocycles. The monoisotopic (exact) mass is 170 g/mol. The van der Waals surface area contributed by atoms with Crippen molar-refractivity contribution in [2.45, 2.75) is 6.42 Å². The first-order valence-corrected chi connectivity index (χ1v) is 4.48. The average Bonchev–Trinajstić information content (AvgIpc) is 2.18. The maximum atomic E-state index is 2.12. The van der Waals surface area contributed by atoms with Crippen LogP contribution in [0.15, 0.2) is 72.9 Å². The molecule has 0 radical (unpaired) electrons. The van der Waals surface area contributed by atoms with E-state index in [9.17, 15) is 0 Å². The molecule has 0 saturated heterocycles. The largest absolute Gasteiger partial charge is 0.0807 e. The fourth-order valence-electron chi connectivity index (χ4n) is 0.906. The molecule has 0 N–H and O–H groups in total. The number of hydrogen-bond donors (Lipinski definition) is 0. The highest BCUT2D eigenvalue weighted by Crippen LogP contribution is 1.90. The van der Waals surface area contributed by atoms with Crippen molar-refractivity contribution in [3.05, 3.63) is 72.9 Å². The van der Waals surface area contributed by atoms with Gasteiger partial charge in [0.25, 0.3) is 0 Å². The zero-order valence-corrected chi connectivity index (χ0v) is 7.64. The van der Waals surface area contributed by atoms with Gasteiger partial charge in [-0.2, -0.15) is 0 Å². The maximum absolute atomic E-state index is 2.12. The van der Waals surface area contributed by atoms with E-state index >= 15 is 0 Å². The molecule has 1 aliphatic rings. The highest BCUT2D eigenvalue weighted by atomic mass is 13.8. The molecule has 0 aliphatic heterocycles. The summed E-state index contributed by atoms with van der Waals surface area (Å²) >= 11 is 0. The first-order valence-electron chi connectivity index (χ1n) is 4.48. The van der Waals surface area contributed by atoms with Crippen molar-refractivity contribution in [3.63, 3.8) is 0 Å². The topological polar surface area (TPSA) is 0 Å². The van der Waals surface area contributed by atoms with Crippen LogP contribution in [0.5, 0.6) is 0 Å². The van der Waals surface area contributed by atoms with Crippen molar-refractivity contribution in [3.8, 4) is 0 Å². The Morgan fingerprint density at radius 2 is 0.692 bits per heavy atom. The molecule has 0 atom stereocenters. The fraction of sp³-hybridized carbons (Fsp3) is 0.0769. The van der Waals surface area contributed by atoms with Crippen molar-refractivity contribution in [1.82, 2.24) is 0 Å². The highest BCUT2D eigenvalue weighted by Gasteiger charge is 1.69. The zero-order valence-electron chi connectivity index (χ0n) is 7.64. The zero-order chi connectivity index (χ0) is 9.19. The first kappa shape index (κ1) is 9.53.